The molecule has 0 spiro atoms. The minimum absolute atomic E-state index is 0.0397. The van der Waals surface area contributed by atoms with Crippen LogP contribution in [0.5, 0.6) is 0 Å². The van der Waals surface area contributed by atoms with Crippen molar-refractivity contribution in [2.45, 2.75) is 5.37 Å². The first-order valence-electron chi connectivity index (χ1n) is 6.47. The molecule has 1 atom stereocenters. The summed E-state index contributed by atoms with van der Waals surface area (Å²) in [5.74, 6) is 0.176. The van der Waals surface area contributed by atoms with Crippen LogP contribution in [0.2, 0.25) is 0 Å². The summed E-state index contributed by atoms with van der Waals surface area (Å²) in [6.45, 7) is 0.647. The Morgan fingerprint density at radius 1 is 1.30 bits per heavy atom. The number of hydrogen-bond acceptors (Lipinski definition) is 2. The highest BCUT2D eigenvalue weighted by molar-refractivity contribution is 7.99. The molecule has 1 fully saturated rings. The van der Waals surface area contributed by atoms with Gasteiger partial charge in [-0.15, -0.1) is 11.8 Å². The van der Waals surface area contributed by atoms with Gasteiger partial charge < -0.3 is 9.47 Å². The van der Waals surface area contributed by atoms with E-state index in [1.165, 1.54) is 6.07 Å². The predicted molar refractivity (Wildman–Crippen MR) is 78.0 cm³/mol. The van der Waals surface area contributed by atoms with E-state index in [1.54, 1.807) is 34.9 Å². The van der Waals surface area contributed by atoms with Crippen LogP contribution in [0.15, 0.2) is 42.6 Å². The van der Waals surface area contributed by atoms with Gasteiger partial charge in [0.05, 0.1) is 11.3 Å². The average Bonchev–Trinajstić information content (AvgIpc) is 3.06. The van der Waals surface area contributed by atoms with E-state index in [2.05, 4.69) is 0 Å². The van der Waals surface area contributed by atoms with Gasteiger partial charge in [0.2, 0.25) is 0 Å². The lowest BCUT2D eigenvalue weighted by Crippen LogP contribution is -2.31. The smallest absolute Gasteiger partial charge is 0.258 e. The van der Waals surface area contributed by atoms with Gasteiger partial charge in [-0.05, 0) is 24.3 Å². The van der Waals surface area contributed by atoms with Gasteiger partial charge in [0, 0.05) is 25.5 Å². The number of thioether (sulfide) groups is 1. The number of hydrogen-bond donors (Lipinski definition) is 0. The number of nitrogens with zero attached hydrogens (tertiary/aromatic N) is 2. The zero-order valence-electron chi connectivity index (χ0n) is 11.1. The first-order valence-corrected chi connectivity index (χ1v) is 7.51. The topological polar surface area (TPSA) is 25.2 Å². The first-order chi connectivity index (χ1) is 9.68. The van der Waals surface area contributed by atoms with Gasteiger partial charge in [-0.2, -0.15) is 0 Å². The highest BCUT2D eigenvalue weighted by Crippen LogP contribution is 2.38. The maximum atomic E-state index is 13.8. The molecule has 3 nitrogen and oxygen atoms in total. The van der Waals surface area contributed by atoms with Crippen molar-refractivity contribution in [3.63, 3.8) is 0 Å². The molecule has 2 aromatic rings. The van der Waals surface area contributed by atoms with Crippen LogP contribution in [0.4, 0.5) is 4.39 Å². The molecular weight excluding hydrogens is 275 g/mol. The van der Waals surface area contributed by atoms with E-state index in [9.17, 15) is 9.18 Å². The molecule has 1 aliphatic rings. The van der Waals surface area contributed by atoms with Gasteiger partial charge in [0.15, 0.2) is 0 Å². The van der Waals surface area contributed by atoms with E-state index < -0.39 is 5.82 Å². The molecule has 1 aromatic carbocycles. The summed E-state index contributed by atoms with van der Waals surface area (Å²) >= 11 is 1.71. The van der Waals surface area contributed by atoms with E-state index in [4.69, 9.17) is 0 Å². The molecule has 0 saturated carbocycles. The van der Waals surface area contributed by atoms with Gasteiger partial charge in [-0.3, -0.25) is 4.79 Å². The van der Waals surface area contributed by atoms with Crippen LogP contribution >= 0.6 is 11.8 Å². The van der Waals surface area contributed by atoms with Crippen molar-refractivity contribution in [1.82, 2.24) is 9.47 Å². The Kier molecular flexibility index (Phi) is 3.53. The molecule has 1 amide bonds. The number of carbonyl (C=O) groups is 1. The van der Waals surface area contributed by atoms with Crippen molar-refractivity contribution < 1.29 is 9.18 Å². The zero-order chi connectivity index (χ0) is 14.1. The maximum absolute atomic E-state index is 13.8. The number of rotatable bonds is 2. The first kappa shape index (κ1) is 13.2. The molecule has 0 aliphatic carbocycles. The SMILES string of the molecule is Cn1cccc1C1SCCN1C(=O)c1ccccc1F. The van der Waals surface area contributed by atoms with E-state index >= 15 is 0 Å². The molecule has 1 aromatic heterocycles. The van der Waals surface area contributed by atoms with E-state index in [1.807, 2.05) is 29.9 Å². The van der Waals surface area contributed by atoms with Crippen molar-refractivity contribution >= 4 is 17.7 Å². The van der Waals surface area contributed by atoms with Crippen LogP contribution in [-0.4, -0.2) is 27.7 Å². The van der Waals surface area contributed by atoms with Crippen molar-refractivity contribution in [3.05, 3.63) is 59.7 Å². The predicted octanol–water partition coefficient (Wildman–Crippen LogP) is 3.05. The van der Waals surface area contributed by atoms with Crippen LogP contribution in [0.3, 0.4) is 0 Å². The number of amides is 1. The van der Waals surface area contributed by atoms with E-state index in [-0.39, 0.29) is 16.8 Å². The maximum Gasteiger partial charge on any atom is 0.258 e. The number of halogens is 1. The summed E-state index contributed by atoms with van der Waals surface area (Å²) in [7, 11) is 1.96. The monoisotopic (exact) mass is 290 g/mol. The quantitative estimate of drug-likeness (QED) is 0.849. The standard InChI is InChI=1S/C15H15FN2OS/c1-17-8-4-7-13(17)15-18(9-10-20-15)14(19)11-5-2-3-6-12(11)16/h2-8,15H,9-10H2,1H3. The molecule has 104 valence electrons. The number of aromatic nitrogens is 1. The molecule has 5 heteroatoms. The lowest BCUT2D eigenvalue weighted by Gasteiger charge is -2.24. The third-order valence-corrected chi connectivity index (χ3v) is 4.72. The molecule has 1 aliphatic heterocycles. The van der Waals surface area contributed by atoms with Crippen LogP contribution in [0, 0.1) is 5.82 Å². The van der Waals surface area contributed by atoms with Gasteiger partial charge in [-0.1, -0.05) is 12.1 Å². The summed E-state index contributed by atoms with van der Waals surface area (Å²) in [4.78, 5) is 14.3. The zero-order valence-corrected chi connectivity index (χ0v) is 11.9. The van der Waals surface area contributed by atoms with Crippen LogP contribution in [0.25, 0.3) is 0 Å². The number of aryl methyl sites for hydroxylation is 1. The summed E-state index contributed by atoms with van der Waals surface area (Å²) in [5, 5.41) is -0.0397. The summed E-state index contributed by atoms with van der Waals surface area (Å²) in [6, 6.07) is 10.1. The van der Waals surface area contributed by atoms with Crippen molar-refractivity contribution in [1.29, 1.82) is 0 Å². The Labute approximate surface area is 121 Å². The van der Waals surface area contributed by atoms with Gasteiger partial charge >= 0.3 is 0 Å². The second kappa shape index (κ2) is 5.32. The Morgan fingerprint density at radius 3 is 2.80 bits per heavy atom. The fourth-order valence-electron chi connectivity index (χ4n) is 2.44. The molecule has 1 unspecified atom stereocenters. The Hall–Kier alpha value is -1.75. The molecule has 2 heterocycles. The second-order valence-corrected chi connectivity index (χ2v) is 5.93. The third kappa shape index (κ3) is 2.22. The van der Waals surface area contributed by atoms with E-state index in [0.29, 0.717) is 6.54 Å². The summed E-state index contributed by atoms with van der Waals surface area (Å²) < 4.78 is 15.8. The third-order valence-electron chi connectivity index (χ3n) is 3.49. The van der Waals surface area contributed by atoms with Gasteiger partial charge in [0.1, 0.15) is 11.2 Å². The Bertz CT molecular complexity index is 640. The fraction of sp³-hybridized carbons (Fsp3) is 0.267. The number of carbonyl (C=O) groups excluding carboxylic acids is 1. The molecule has 1 saturated heterocycles. The molecule has 0 bridgehead atoms. The lowest BCUT2D eigenvalue weighted by molar-refractivity contribution is 0.0752. The highest BCUT2D eigenvalue weighted by atomic mass is 32.2. The Balaban J connectivity index is 1.92. The Morgan fingerprint density at radius 2 is 2.10 bits per heavy atom. The average molecular weight is 290 g/mol. The fourth-order valence-corrected chi connectivity index (χ4v) is 3.77. The molecular formula is C15H15FN2OS. The summed E-state index contributed by atoms with van der Waals surface area (Å²) in [5.41, 5.74) is 1.21. The second-order valence-electron chi connectivity index (χ2n) is 4.75. The van der Waals surface area contributed by atoms with Crippen LogP contribution in [-0.2, 0) is 7.05 Å². The van der Waals surface area contributed by atoms with Crippen molar-refractivity contribution in [3.8, 4) is 0 Å². The van der Waals surface area contributed by atoms with Crippen molar-refractivity contribution in [2.75, 3.05) is 12.3 Å². The minimum atomic E-state index is -0.458. The van der Waals surface area contributed by atoms with Crippen LogP contribution < -0.4 is 0 Å². The lowest BCUT2D eigenvalue weighted by atomic mass is 10.2. The molecule has 20 heavy (non-hydrogen) atoms. The normalized spacial score (nSPS) is 18.5. The van der Waals surface area contributed by atoms with Crippen molar-refractivity contribution in [2.24, 2.45) is 7.05 Å². The van der Waals surface area contributed by atoms with Crippen LogP contribution in [0.1, 0.15) is 21.4 Å². The molecule has 0 radical (unpaired) electrons. The molecule has 3 rings (SSSR count). The van der Waals surface area contributed by atoms with Gasteiger partial charge in [0.25, 0.3) is 5.91 Å². The van der Waals surface area contributed by atoms with Gasteiger partial charge in [-0.25, -0.2) is 4.39 Å². The largest absolute Gasteiger partial charge is 0.352 e. The number of benzene rings is 1. The summed E-state index contributed by atoms with van der Waals surface area (Å²) in [6.07, 6.45) is 1.96. The minimum Gasteiger partial charge on any atom is -0.352 e. The highest BCUT2D eigenvalue weighted by Gasteiger charge is 2.33. The van der Waals surface area contributed by atoms with E-state index in [0.717, 1.165) is 11.4 Å². The molecule has 0 N–H and O–H groups in total.